The smallest absolute Gasteiger partial charge is 0.263 e. The molecule has 0 saturated heterocycles. The lowest BCUT2D eigenvalue weighted by atomic mass is 10.2. The van der Waals surface area contributed by atoms with Gasteiger partial charge in [-0.2, -0.15) is 0 Å². The monoisotopic (exact) mass is 289 g/mol. The number of nitrogens with one attached hydrogen (secondary N) is 2. The number of aromatic nitrogens is 1. The first-order valence-electron chi connectivity index (χ1n) is 6.71. The molecule has 0 fully saturated rings. The summed E-state index contributed by atoms with van der Waals surface area (Å²) < 4.78 is 0. The van der Waals surface area contributed by atoms with Crippen molar-refractivity contribution in [3.05, 3.63) is 45.9 Å². The Morgan fingerprint density at radius 3 is 2.65 bits per heavy atom. The molecule has 1 aromatic carbocycles. The number of benzene rings is 1. The van der Waals surface area contributed by atoms with Gasteiger partial charge < -0.3 is 10.6 Å². The van der Waals surface area contributed by atoms with E-state index >= 15 is 0 Å². The molecule has 20 heavy (non-hydrogen) atoms. The topological polar surface area (TPSA) is 54.0 Å². The molecule has 0 bridgehead atoms. The van der Waals surface area contributed by atoms with Crippen LogP contribution in [0.4, 0.5) is 5.69 Å². The number of hydrogen-bond donors (Lipinski definition) is 2. The average molecular weight is 289 g/mol. The molecule has 0 unspecified atom stereocenters. The first-order valence-corrected chi connectivity index (χ1v) is 7.59. The van der Waals surface area contributed by atoms with Crippen LogP contribution in [-0.2, 0) is 6.54 Å². The zero-order valence-electron chi connectivity index (χ0n) is 11.8. The highest BCUT2D eigenvalue weighted by Crippen LogP contribution is 2.13. The Morgan fingerprint density at radius 2 is 2.05 bits per heavy atom. The molecule has 2 rings (SSSR count). The zero-order valence-corrected chi connectivity index (χ0v) is 12.6. The number of rotatable bonds is 6. The van der Waals surface area contributed by atoms with Crippen molar-refractivity contribution in [2.75, 3.05) is 11.9 Å². The summed E-state index contributed by atoms with van der Waals surface area (Å²) in [5.74, 6) is -0.0572. The second kappa shape index (κ2) is 7.05. The fourth-order valence-corrected chi connectivity index (χ4v) is 2.51. The number of carbonyl (C=O) groups is 1. The first kappa shape index (κ1) is 14.5. The lowest BCUT2D eigenvalue weighted by Crippen LogP contribution is -2.22. The number of thiazole rings is 1. The summed E-state index contributed by atoms with van der Waals surface area (Å²) in [5, 5.41) is 6.24. The van der Waals surface area contributed by atoms with Gasteiger partial charge in [-0.1, -0.05) is 19.1 Å². The maximum atomic E-state index is 12.0. The van der Waals surface area contributed by atoms with Crippen LogP contribution in [0.1, 0.15) is 34.3 Å². The van der Waals surface area contributed by atoms with Gasteiger partial charge in [-0.25, -0.2) is 4.98 Å². The normalized spacial score (nSPS) is 10.3. The van der Waals surface area contributed by atoms with Crippen molar-refractivity contribution in [2.24, 2.45) is 0 Å². The molecule has 1 heterocycles. The van der Waals surface area contributed by atoms with Gasteiger partial charge in [-0.3, -0.25) is 4.79 Å². The maximum Gasteiger partial charge on any atom is 0.263 e. The molecular formula is C15H19N3OS. The predicted molar refractivity (Wildman–Crippen MR) is 83.2 cm³/mol. The van der Waals surface area contributed by atoms with E-state index in [4.69, 9.17) is 0 Å². The standard InChI is InChI=1S/C15H19N3OS/c1-3-8-16-13-6-4-12(5-7-13)9-17-15(19)14-11(2)18-10-20-14/h4-7,10,16H,3,8-9H2,1-2H3,(H,17,19). The Kier molecular flexibility index (Phi) is 5.12. The van der Waals surface area contributed by atoms with Crippen LogP contribution < -0.4 is 10.6 Å². The summed E-state index contributed by atoms with van der Waals surface area (Å²) in [6.07, 6.45) is 1.10. The van der Waals surface area contributed by atoms with Crippen LogP contribution in [0.5, 0.6) is 0 Å². The van der Waals surface area contributed by atoms with E-state index in [2.05, 4.69) is 22.5 Å². The average Bonchev–Trinajstić information content (AvgIpc) is 2.90. The molecule has 0 spiro atoms. The van der Waals surface area contributed by atoms with Gasteiger partial charge in [0.2, 0.25) is 0 Å². The highest BCUT2D eigenvalue weighted by atomic mass is 32.1. The number of anilines is 1. The molecule has 4 nitrogen and oxygen atoms in total. The maximum absolute atomic E-state index is 12.0. The van der Waals surface area contributed by atoms with Crippen molar-refractivity contribution in [2.45, 2.75) is 26.8 Å². The van der Waals surface area contributed by atoms with Gasteiger partial charge >= 0.3 is 0 Å². The Morgan fingerprint density at radius 1 is 1.30 bits per heavy atom. The van der Waals surface area contributed by atoms with E-state index in [-0.39, 0.29) is 5.91 Å². The van der Waals surface area contributed by atoms with Crippen LogP contribution in [0.3, 0.4) is 0 Å². The van der Waals surface area contributed by atoms with Gasteiger partial charge in [0, 0.05) is 18.8 Å². The van der Waals surface area contributed by atoms with Gasteiger partial charge in [0.05, 0.1) is 11.2 Å². The van der Waals surface area contributed by atoms with E-state index in [1.165, 1.54) is 11.3 Å². The molecule has 0 atom stereocenters. The number of amides is 1. The highest BCUT2D eigenvalue weighted by molar-refractivity contribution is 7.11. The minimum Gasteiger partial charge on any atom is -0.385 e. The molecule has 0 aliphatic rings. The van der Waals surface area contributed by atoms with Gasteiger partial charge in [0.25, 0.3) is 5.91 Å². The second-order valence-electron chi connectivity index (χ2n) is 4.57. The lowest BCUT2D eigenvalue weighted by Gasteiger charge is -2.07. The van der Waals surface area contributed by atoms with Crippen LogP contribution in [0, 0.1) is 6.92 Å². The van der Waals surface area contributed by atoms with Crippen LogP contribution in [0.15, 0.2) is 29.8 Å². The van der Waals surface area contributed by atoms with E-state index in [0.717, 1.165) is 29.9 Å². The van der Waals surface area contributed by atoms with Crippen molar-refractivity contribution in [3.8, 4) is 0 Å². The van der Waals surface area contributed by atoms with Crippen LogP contribution in [0.2, 0.25) is 0 Å². The molecular weight excluding hydrogens is 270 g/mol. The summed E-state index contributed by atoms with van der Waals surface area (Å²) in [4.78, 5) is 16.7. The number of aryl methyl sites for hydroxylation is 1. The molecule has 106 valence electrons. The fourth-order valence-electron chi connectivity index (χ4n) is 1.79. The third kappa shape index (κ3) is 3.81. The van der Waals surface area contributed by atoms with E-state index in [1.807, 2.05) is 31.2 Å². The number of nitrogens with zero attached hydrogens (tertiary/aromatic N) is 1. The largest absolute Gasteiger partial charge is 0.385 e. The third-order valence-electron chi connectivity index (χ3n) is 2.94. The molecule has 2 aromatic rings. The second-order valence-corrected chi connectivity index (χ2v) is 5.43. The van der Waals surface area contributed by atoms with E-state index in [1.54, 1.807) is 5.51 Å². The molecule has 5 heteroatoms. The Balaban J connectivity index is 1.88. The molecule has 0 saturated carbocycles. The minimum atomic E-state index is -0.0572. The summed E-state index contributed by atoms with van der Waals surface area (Å²) >= 11 is 1.37. The number of carbonyl (C=O) groups excluding carboxylic acids is 1. The molecule has 1 aromatic heterocycles. The van der Waals surface area contributed by atoms with Crippen LogP contribution >= 0.6 is 11.3 Å². The van der Waals surface area contributed by atoms with Crippen molar-refractivity contribution in [1.29, 1.82) is 0 Å². The van der Waals surface area contributed by atoms with Crippen LogP contribution in [-0.4, -0.2) is 17.4 Å². The van der Waals surface area contributed by atoms with Crippen LogP contribution in [0.25, 0.3) is 0 Å². The molecule has 0 radical (unpaired) electrons. The van der Waals surface area contributed by atoms with Crippen molar-refractivity contribution in [3.63, 3.8) is 0 Å². The van der Waals surface area contributed by atoms with Crippen molar-refractivity contribution in [1.82, 2.24) is 10.3 Å². The molecule has 0 aliphatic carbocycles. The summed E-state index contributed by atoms with van der Waals surface area (Å²) in [5.41, 5.74) is 4.67. The molecule has 2 N–H and O–H groups in total. The van der Waals surface area contributed by atoms with E-state index < -0.39 is 0 Å². The Hall–Kier alpha value is -1.88. The highest BCUT2D eigenvalue weighted by Gasteiger charge is 2.10. The lowest BCUT2D eigenvalue weighted by molar-refractivity contribution is 0.0954. The summed E-state index contributed by atoms with van der Waals surface area (Å²) in [7, 11) is 0. The molecule has 0 aliphatic heterocycles. The SMILES string of the molecule is CCCNc1ccc(CNC(=O)c2scnc2C)cc1. The van der Waals surface area contributed by atoms with Crippen molar-refractivity contribution < 1.29 is 4.79 Å². The van der Waals surface area contributed by atoms with Crippen molar-refractivity contribution >= 4 is 22.9 Å². The minimum absolute atomic E-state index is 0.0572. The Labute approximate surface area is 123 Å². The Bertz CT molecular complexity index is 563. The quantitative estimate of drug-likeness (QED) is 0.858. The predicted octanol–water partition coefficient (Wildman–Crippen LogP) is 3.20. The van der Waals surface area contributed by atoms with E-state index in [0.29, 0.717) is 11.4 Å². The third-order valence-corrected chi connectivity index (χ3v) is 3.87. The zero-order chi connectivity index (χ0) is 14.4. The van der Waals surface area contributed by atoms with Gasteiger partial charge in [-0.05, 0) is 31.0 Å². The van der Waals surface area contributed by atoms with E-state index in [9.17, 15) is 4.79 Å². The molecule has 1 amide bonds. The van der Waals surface area contributed by atoms with Gasteiger partial charge in [0.1, 0.15) is 4.88 Å². The van der Waals surface area contributed by atoms with Gasteiger partial charge in [-0.15, -0.1) is 11.3 Å². The van der Waals surface area contributed by atoms with Gasteiger partial charge in [0.15, 0.2) is 0 Å². The first-order chi connectivity index (χ1) is 9.70. The fraction of sp³-hybridized carbons (Fsp3) is 0.333. The summed E-state index contributed by atoms with van der Waals surface area (Å²) in [6, 6.07) is 8.12. The summed E-state index contributed by atoms with van der Waals surface area (Å²) in [6.45, 7) is 5.49. The number of hydrogen-bond acceptors (Lipinski definition) is 4.